The molecule has 40 heavy (non-hydrogen) atoms. The first kappa shape index (κ1) is 22.6. The van der Waals surface area contributed by atoms with Crippen LogP contribution in [0.25, 0.3) is 77.3 Å². The smallest absolute Gasteiger partial charge is 0.164 e. The van der Waals surface area contributed by atoms with E-state index in [1.807, 2.05) is 60.7 Å². The third-order valence-electron chi connectivity index (χ3n) is 7.69. The molecular formula is C37H23N3. The molecule has 8 rings (SSSR count). The highest BCUT2D eigenvalue weighted by Crippen LogP contribution is 2.42. The Hall–Kier alpha value is -5.41. The standard InChI is InChI=1S/C37H23N3/c1-3-13-24(14-4-1)35-38-36(25-15-5-2-6-16-25)40-37(39-35)33-23-32-28-19-8-7-17-26(28)27-18-9-11-21-30(27)34(32)31-22-12-10-20-29(31)33/h1-23H. The number of fused-ring (bicyclic) bond motifs is 8. The van der Waals surface area contributed by atoms with Gasteiger partial charge in [-0.3, -0.25) is 0 Å². The molecule has 0 fully saturated rings. The topological polar surface area (TPSA) is 38.7 Å². The van der Waals surface area contributed by atoms with Crippen molar-refractivity contribution in [2.24, 2.45) is 0 Å². The summed E-state index contributed by atoms with van der Waals surface area (Å²) in [6.45, 7) is 0. The molecule has 0 bridgehead atoms. The highest BCUT2D eigenvalue weighted by molar-refractivity contribution is 6.32. The molecule has 8 aromatic rings. The Labute approximate surface area is 231 Å². The second-order valence-corrected chi connectivity index (χ2v) is 10.0. The third-order valence-corrected chi connectivity index (χ3v) is 7.69. The second kappa shape index (κ2) is 9.11. The van der Waals surface area contributed by atoms with Crippen LogP contribution in [0.5, 0.6) is 0 Å². The van der Waals surface area contributed by atoms with Crippen LogP contribution in [0.1, 0.15) is 0 Å². The summed E-state index contributed by atoms with van der Waals surface area (Å²) in [4.78, 5) is 15.1. The third kappa shape index (κ3) is 3.56. The molecule has 0 atom stereocenters. The fraction of sp³-hybridized carbons (Fsp3) is 0. The van der Waals surface area contributed by atoms with E-state index in [9.17, 15) is 0 Å². The lowest BCUT2D eigenvalue weighted by molar-refractivity contribution is 1.08. The van der Waals surface area contributed by atoms with Crippen molar-refractivity contribution in [3.8, 4) is 34.2 Å². The maximum atomic E-state index is 5.08. The Balaban J connectivity index is 1.52. The minimum atomic E-state index is 0.664. The van der Waals surface area contributed by atoms with E-state index in [1.165, 1.54) is 37.7 Å². The first-order chi connectivity index (χ1) is 19.8. The number of nitrogens with zero attached hydrogens (tertiary/aromatic N) is 3. The maximum Gasteiger partial charge on any atom is 0.164 e. The van der Waals surface area contributed by atoms with E-state index in [1.54, 1.807) is 0 Å². The summed E-state index contributed by atoms with van der Waals surface area (Å²) in [6, 6.07) is 48.6. The average Bonchev–Trinajstić information content (AvgIpc) is 3.05. The summed E-state index contributed by atoms with van der Waals surface area (Å²) in [5.41, 5.74) is 2.93. The molecular weight excluding hydrogens is 486 g/mol. The molecule has 0 radical (unpaired) electrons. The summed E-state index contributed by atoms with van der Waals surface area (Å²) in [6.07, 6.45) is 0. The van der Waals surface area contributed by atoms with Crippen molar-refractivity contribution in [1.82, 2.24) is 15.0 Å². The van der Waals surface area contributed by atoms with Crippen LogP contribution in [0.4, 0.5) is 0 Å². The average molecular weight is 510 g/mol. The van der Waals surface area contributed by atoms with Crippen molar-refractivity contribution < 1.29 is 0 Å². The van der Waals surface area contributed by atoms with Gasteiger partial charge in [0.05, 0.1) is 0 Å². The summed E-state index contributed by atoms with van der Waals surface area (Å²) >= 11 is 0. The van der Waals surface area contributed by atoms with Gasteiger partial charge in [-0.15, -0.1) is 0 Å². The van der Waals surface area contributed by atoms with Crippen molar-refractivity contribution in [1.29, 1.82) is 0 Å². The van der Waals surface area contributed by atoms with Crippen LogP contribution in [-0.2, 0) is 0 Å². The van der Waals surface area contributed by atoms with Gasteiger partial charge in [0, 0.05) is 16.7 Å². The molecule has 0 amide bonds. The van der Waals surface area contributed by atoms with E-state index < -0.39 is 0 Å². The van der Waals surface area contributed by atoms with Crippen molar-refractivity contribution in [3.05, 3.63) is 140 Å². The van der Waals surface area contributed by atoms with E-state index in [0.717, 1.165) is 22.1 Å². The number of rotatable bonds is 3. The maximum absolute atomic E-state index is 5.08. The number of hydrogen-bond donors (Lipinski definition) is 0. The predicted octanol–water partition coefficient (Wildman–Crippen LogP) is 9.49. The van der Waals surface area contributed by atoms with Crippen molar-refractivity contribution in [3.63, 3.8) is 0 Å². The summed E-state index contributed by atoms with van der Waals surface area (Å²) in [5, 5.41) is 9.77. The lowest BCUT2D eigenvalue weighted by atomic mass is 9.89. The Morgan fingerprint density at radius 3 is 1.23 bits per heavy atom. The van der Waals surface area contributed by atoms with E-state index in [2.05, 4.69) is 78.9 Å². The highest BCUT2D eigenvalue weighted by Gasteiger charge is 2.18. The van der Waals surface area contributed by atoms with Crippen molar-refractivity contribution in [2.45, 2.75) is 0 Å². The molecule has 1 aromatic heterocycles. The van der Waals surface area contributed by atoms with Gasteiger partial charge in [0.2, 0.25) is 0 Å². The molecule has 0 spiro atoms. The lowest BCUT2D eigenvalue weighted by Crippen LogP contribution is -2.00. The number of benzene rings is 7. The summed E-state index contributed by atoms with van der Waals surface area (Å²) < 4.78 is 0. The van der Waals surface area contributed by atoms with E-state index in [-0.39, 0.29) is 0 Å². The summed E-state index contributed by atoms with van der Waals surface area (Å²) in [5.74, 6) is 2.00. The molecule has 0 unspecified atom stereocenters. The van der Waals surface area contributed by atoms with Crippen LogP contribution in [-0.4, -0.2) is 15.0 Å². The Bertz CT molecular complexity index is 2150. The SMILES string of the molecule is c1ccc(-c2nc(-c3ccccc3)nc(-c3cc4c5ccccc5c5ccccc5c4c4ccccc34)n2)cc1. The predicted molar refractivity (Wildman–Crippen MR) is 166 cm³/mol. The van der Waals surface area contributed by atoms with Gasteiger partial charge in [-0.2, -0.15) is 0 Å². The molecule has 3 nitrogen and oxygen atoms in total. The largest absolute Gasteiger partial charge is 0.208 e. The normalized spacial score (nSPS) is 11.5. The van der Waals surface area contributed by atoms with Crippen LogP contribution < -0.4 is 0 Å². The lowest BCUT2D eigenvalue weighted by Gasteiger charge is -2.16. The van der Waals surface area contributed by atoms with Crippen LogP contribution in [0.3, 0.4) is 0 Å². The molecule has 0 aliphatic carbocycles. The number of hydrogen-bond acceptors (Lipinski definition) is 3. The molecule has 0 saturated carbocycles. The quantitative estimate of drug-likeness (QED) is 0.223. The van der Waals surface area contributed by atoms with E-state index in [4.69, 9.17) is 15.0 Å². The zero-order chi connectivity index (χ0) is 26.5. The van der Waals surface area contributed by atoms with Crippen LogP contribution in [0.15, 0.2) is 140 Å². The zero-order valence-electron chi connectivity index (χ0n) is 21.6. The minimum absolute atomic E-state index is 0.664. The first-order valence-corrected chi connectivity index (χ1v) is 13.5. The molecule has 0 aliphatic heterocycles. The van der Waals surface area contributed by atoms with E-state index in [0.29, 0.717) is 17.5 Å². The molecule has 0 aliphatic rings. The first-order valence-electron chi connectivity index (χ1n) is 13.5. The van der Waals surface area contributed by atoms with Gasteiger partial charge in [0.25, 0.3) is 0 Å². The van der Waals surface area contributed by atoms with Crippen LogP contribution >= 0.6 is 0 Å². The van der Waals surface area contributed by atoms with Gasteiger partial charge in [0.1, 0.15) is 0 Å². The zero-order valence-corrected chi connectivity index (χ0v) is 21.6. The monoisotopic (exact) mass is 509 g/mol. The van der Waals surface area contributed by atoms with Gasteiger partial charge in [-0.25, -0.2) is 15.0 Å². The van der Waals surface area contributed by atoms with Gasteiger partial charge in [0.15, 0.2) is 17.5 Å². The molecule has 1 heterocycles. The van der Waals surface area contributed by atoms with Crippen molar-refractivity contribution in [2.75, 3.05) is 0 Å². The fourth-order valence-corrected chi connectivity index (χ4v) is 5.88. The molecule has 0 saturated heterocycles. The Morgan fingerprint density at radius 2 is 0.675 bits per heavy atom. The number of aromatic nitrogens is 3. The highest BCUT2D eigenvalue weighted by atomic mass is 15.0. The Kier molecular flexibility index (Phi) is 5.14. The van der Waals surface area contributed by atoms with Gasteiger partial charge in [-0.05, 0) is 49.2 Å². The molecule has 3 heteroatoms. The minimum Gasteiger partial charge on any atom is -0.208 e. The van der Waals surface area contributed by atoms with Crippen LogP contribution in [0.2, 0.25) is 0 Å². The van der Waals surface area contributed by atoms with Gasteiger partial charge < -0.3 is 0 Å². The van der Waals surface area contributed by atoms with Crippen molar-refractivity contribution >= 4 is 43.1 Å². The fourth-order valence-electron chi connectivity index (χ4n) is 5.88. The summed E-state index contributed by atoms with van der Waals surface area (Å²) in [7, 11) is 0. The molecule has 186 valence electrons. The molecule has 0 N–H and O–H groups in total. The van der Waals surface area contributed by atoms with Gasteiger partial charge in [-0.1, -0.05) is 133 Å². The van der Waals surface area contributed by atoms with Gasteiger partial charge >= 0.3 is 0 Å². The Morgan fingerprint density at radius 1 is 0.300 bits per heavy atom. The van der Waals surface area contributed by atoms with Crippen LogP contribution in [0, 0.1) is 0 Å². The van der Waals surface area contributed by atoms with E-state index >= 15 is 0 Å². The second-order valence-electron chi connectivity index (χ2n) is 10.0. The molecule has 7 aromatic carbocycles.